The number of carbonyl (C=O) groups is 2. The lowest BCUT2D eigenvalue weighted by molar-refractivity contribution is 0.0934. The van der Waals surface area contributed by atoms with Crippen molar-refractivity contribution in [3.05, 3.63) is 33.4 Å². The molecule has 0 spiro atoms. The SMILES string of the molecule is O=C(NNC(=O)c1ccccc1I)NC1CCCCC1. The first-order chi connectivity index (χ1) is 9.66. The van der Waals surface area contributed by atoms with Gasteiger partial charge in [0.1, 0.15) is 0 Å². The molecule has 1 saturated carbocycles. The summed E-state index contributed by atoms with van der Waals surface area (Å²) in [6, 6.07) is 7.09. The fourth-order valence-electron chi connectivity index (χ4n) is 2.29. The quantitative estimate of drug-likeness (QED) is 0.539. The molecule has 0 aromatic heterocycles. The summed E-state index contributed by atoms with van der Waals surface area (Å²) >= 11 is 2.09. The van der Waals surface area contributed by atoms with Gasteiger partial charge < -0.3 is 5.32 Å². The Morgan fingerprint density at radius 3 is 2.45 bits per heavy atom. The number of hydrogen-bond donors (Lipinski definition) is 3. The number of rotatable bonds is 2. The van der Waals surface area contributed by atoms with Gasteiger partial charge in [-0.1, -0.05) is 31.4 Å². The zero-order valence-corrected chi connectivity index (χ0v) is 13.3. The predicted molar refractivity (Wildman–Crippen MR) is 85.2 cm³/mol. The monoisotopic (exact) mass is 387 g/mol. The first-order valence-electron chi connectivity index (χ1n) is 6.78. The van der Waals surface area contributed by atoms with E-state index >= 15 is 0 Å². The molecule has 0 bridgehead atoms. The highest BCUT2D eigenvalue weighted by molar-refractivity contribution is 14.1. The Kier molecular flexibility index (Phi) is 5.63. The summed E-state index contributed by atoms with van der Waals surface area (Å²) in [6.07, 6.45) is 5.57. The number of halogens is 1. The lowest BCUT2D eigenvalue weighted by Gasteiger charge is -2.22. The van der Waals surface area contributed by atoms with E-state index in [0.717, 1.165) is 29.3 Å². The number of nitrogens with one attached hydrogen (secondary N) is 3. The number of urea groups is 1. The van der Waals surface area contributed by atoms with Crippen LogP contribution in [0, 0.1) is 3.57 Å². The van der Waals surface area contributed by atoms with Crippen LogP contribution in [0.2, 0.25) is 0 Å². The summed E-state index contributed by atoms with van der Waals surface area (Å²) in [5.41, 5.74) is 5.37. The van der Waals surface area contributed by atoms with Crippen molar-refractivity contribution >= 4 is 34.5 Å². The van der Waals surface area contributed by atoms with Crippen LogP contribution in [0.4, 0.5) is 4.79 Å². The van der Waals surface area contributed by atoms with Crippen LogP contribution in [0.3, 0.4) is 0 Å². The van der Waals surface area contributed by atoms with E-state index < -0.39 is 0 Å². The third kappa shape index (κ3) is 4.36. The van der Waals surface area contributed by atoms with Crippen molar-refractivity contribution < 1.29 is 9.59 Å². The van der Waals surface area contributed by atoms with Crippen LogP contribution in [0.15, 0.2) is 24.3 Å². The Balaban J connectivity index is 1.78. The van der Waals surface area contributed by atoms with E-state index in [9.17, 15) is 9.59 Å². The Hall–Kier alpha value is -1.31. The molecule has 108 valence electrons. The smallest absolute Gasteiger partial charge is 0.333 e. The molecule has 5 nitrogen and oxygen atoms in total. The summed E-state index contributed by atoms with van der Waals surface area (Å²) in [6.45, 7) is 0. The summed E-state index contributed by atoms with van der Waals surface area (Å²) in [7, 11) is 0. The summed E-state index contributed by atoms with van der Waals surface area (Å²) in [5.74, 6) is -0.311. The van der Waals surface area contributed by atoms with E-state index in [4.69, 9.17) is 0 Å². The van der Waals surface area contributed by atoms with E-state index in [0.29, 0.717) is 5.56 Å². The average molecular weight is 387 g/mol. The van der Waals surface area contributed by atoms with Gasteiger partial charge in [0.05, 0.1) is 5.56 Å². The molecule has 1 aromatic rings. The molecule has 0 saturated heterocycles. The van der Waals surface area contributed by atoms with E-state index in [1.807, 2.05) is 12.1 Å². The van der Waals surface area contributed by atoms with E-state index in [1.165, 1.54) is 6.42 Å². The summed E-state index contributed by atoms with van der Waals surface area (Å²) in [4.78, 5) is 23.6. The fraction of sp³-hybridized carbons (Fsp3) is 0.429. The van der Waals surface area contributed by atoms with Crippen LogP contribution in [0.5, 0.6) is 0 Å². The third-order valence-electron chi connectivity index (χ3n) is 3.35. The molecule has 0 unspecified atom stereocenters. The molecule has 1 aliphatic carbocycles. The van der Waals surface area contributed by atoms with Crippen molar-refractivity contribution in [1.82, 2.24) is 16.2 Å². The molecule has 0 aliphatic heterocycles. The maximum Gasteiger partial charge on any atom is 0.333 e. The summed E-state index contributed by atoms with van der Waals surface area (Å²) in [5, 5.41) is 2.87. The number of carbonyl (C=O) groups excluding carboxylic acids is 2. The number of hydrazine groups is 1. The van der Waals surface area contributed by atoms with Gasteiger partial charge in [0.15, 0.2) is 0 Å². The molecular formula is C14H18IN3O2. The van der Waals surface area contributed by atoms with E-state index in [1.54, 1.807) is 12.1 Å². The van der Waals surface area contributed by atoms with Gasteiger partial charge in [-0.15, -0.1) is 0 Å². The molecular weight excluding hydrogens is 369 g/mol. The van der Waals surface area contributed by atoms with Crippen molar-refractivity contribution in [3.63, 3.8) is 0 Å². The standard InChI is InChI=1S/C14H18IN3O2/c15-12-9-5-4-8-11(12)13(19)17-18-14(20)16-10-6-2-1-3-7-10/h4-5,8-10H,1-3,6-7H2,(H,17,19)(H2,16,18,20). The third-order valence-corrected chi connectivity index (χ3v) is 4.29. The van der Waals surface area contributed by atoms with Gasteiger partial charge in [0.25, 0.3) is 5.91 Å². The minimum atomic E-state index is -0.351. The zero-order chi connectivity index (χ0) is 14.4. The van der Waals surface area contributed by atoms with Crippen molar-refractivity contribution in [3.8, 4) is 0 Å². The number of amides is 3. The molecule has 1 fully saturated rings. The van der Waals surface area contributed by atoms with Crippen molar-refractivity contribution in [2.45, 2.75) is 38.1 Å². The van der Waals surface area contributed by atoms with E-state index in [2.05, 4.69) is 38.8 Å². The molecule has 0 heterocycles. The number of benzene rings is 1. The van der Waals surface area contributed by atoms with Crippen LogP contribution in [0.1, 0.15) is 42.5 Å². The van der Waals surface area contributed by atoms with Crippen LogP contribution in [0.25, 0.3) is 0 Å². The maximum atomic E-state index is 11.9. The zero-order valence-electron chi connectivity index (χ0n) is 11.1. The predicted octanol–water partition coefficient (Wildman–Crippen LogP) is 2.57. The van der Waals surface area contributed by atoms with Gasteiger partial charge in [-0.3, -0.25) is 10.2 Å². The summed E-state index contributed by atoms with van der Waals surface area (Å²) < 4.78 is 0.845. The molecule has 1 aromatic carbocycles. The molecule has 0 atom stereocenters. The molecule has 3 amide bonds. The number of hydrogen-bond acceptors (Lipinski definition) is 2. The lowest BCUT2D eigenvalue weighted by Crippen LogP contribution is -2.50. The largest absolute Gasteiger partial charge is 0.334 e. The van der Waals surface area contributed by atoms with E-state index in [-0.39, 0.29) is 18.0 Å². The average Bonchev–Trinajstić information content (AvgIpc) is 2.46. The normalized spacial score (nSPS) is 15.4. The second-order valence-electron chi connectivity index (χ2n) is 4.87. The maximum absolute atomic E-state index is 11.9. The molecule has 1 aliphatic rings. The Labute approximate surface area is 132 Å². The highest BCUT2D eigenvalue weighted by Crippen LogP contribution is 2.17. The van der Waals surface area contributed by atoms with Gasteiger partial charge in [0, 0.05) is 9.61 Å². The minimum Gasteiger partial charge on any atom is -0.334 e. The van der Waals surface area contributed by atoms with Crippen molar-refractivity contribution in [2.24, 2.45) is 0 Å². The highest BCUT2D eigenvalue weighted by atomic mass is 127. The van der Waals surface area contributed by atoms with Gasteiger partial charge in [-0.05, 0) is 47.6 Å². The lowest BCUT2D eigenvalue weighted by atomic mass is 9.96. The van der Waals surface area contributed by atoms with Crippen molar-refractivity contribution in [1.29, 1.82) is 0 Å². The van der Waals surface area contributed by atoms with Gasteiger partial charge in [-0.25, -0.2) is 10.2 Å². The van der Waals surface area contributed by atoms with Gasteiger partial charge >= 0.3 is 6.03 Å². The second kappa shape index (κ2) is 7.47. The van der Waals surface area contributed by atoms with Crippen LogP contribution in [-0.2, 0) is 0 Å². The van der Waals surface area contributed by atoms with Crippen LogP contribution in [-0.4, -0.2) is 18.0 Å². The molecule has 0 radical (unpaired) electrons. The van der Waals surface area contributed by atoms with Gasteiger partial charge in [-0.2, -0.15) is 0 Å². The van der Waals surface area contributed by atoms with Gasteiger partial charge in [0.2, 0.25) is 0 Å². The first-order valence-corrected chi connectivity index (χ1v) is 7.86. The molecule has 6 heteroatoms. The van der Waals surface area contributed by atoms with Crippen LogP contribution >= 0.6 is 22.6 Å². The molecule has 2 rings (SSSR count). The Bertz CT molecular complexity index is 487. The fourth-order valence-corrected chi connectivity index (χ4v) is 2.93. The first kappa shape index (κ1) is 15.1. The Morgan fingerprint density at radius 2 is 1.75 bits per heavy atom. The van der Waals surface area contributed by atoms with Crippen LogP contribution < -0.4 is 16.2 Å². The minimum absolute atomic E-state index is 0.220. The topological polar surface area (TPSA) is 70.2 Å². The highest BCUT2D eigenvalue weighted by Gasteiger charge is 2.16. The second-order valence-corrected chi connectivity index (χ2v) is 6.03. The molecule has 3 N–H and O–H groups in total. The molecule has 20 heavy (non-hydrogen) atoms. The Morgan fingerprint density at radius 1 is 1.05 bits per heavy atom. The van der Waals surface area contributed by atoms with Crippen molar-refractivity contribution in [2.75, 3.05) is 0 Å².